The maximum Gasteiger partial charge on any atom is 0.339 e. The topological polar surface area (TPSA) is 102 Å². The third-order valence-corrected chi connectivity index (χ3v) is 5.03. The van der Waals surface area contributed by atoms with E-state index in [1.807, 2.05) is 12.1 Å². The number of nitrogens with zero attached hydrogens (tertiary/aromatic N) is 2. The lowest BCUT2D eigenvalue weighted by atomic mass is 10.1. The summed E-state index contributed by atoms with van der Waals surface area (Å²) in [5.74, 6) is -0.917. The Morgan fingerprint density at radius 2 is 1.93 bits per heavy atom. The number of hydrogen-bond acceptors (Lipinski definition) is 5. The molecule has 0 fully saturated rings. The minimum atomic E-state index is -0.875. The van der Waals surface area contributed by atoms with Gasteiger partial charge in [0.15, 0.2) is 0 Å². The molecule has 0 unspecified atom stereocenters. The highest BCUT2D eigenvalue weighted by molar-refractivity contribution is 6.30. The number of para-hydroxylation sites is 1. The summed E-state index contributed by atoms with van der Waals surface area (Å²) in [6.45, 7) is 0. The van der Waals surface area contributed by atoms with Crippen molar-refractivity contribution >= 4 is 40.9 Å². The van der Waals surface area contributed by atoms with E-state index in [0.717, 1.165) is 5.56 Å². The molecule has 30 heavy (non-hydrogen) atoms. The minimum absolute atomic E-state index is 0.0824. The maximum atomic E-state index is 13.0. The molecule has 2 heterocycles. The Balaban J connectivity index is 1.66. The van der Waals surface area contributed by atoms with Gasteiger partial charge < -0.3 is 15.4 Å². The number of anilines is 2. The third kappa shape index (κ3) is 3.65. The van der Waals surface area contributed by atoms with Gasteiger partial charge in [0, 0.05) is 10.6 Å². The average molecular weight is 425 g/mol. The molecule has 0 bridgehead atoms. The van der Waals surface area contributed by atoms with Crippen LogP contribution in [0.15, 0.2) is 54.7 Å². The van der Waals surface area contributed by atoms with Gasteiger partial charge in [0.25, 0.3) is 0 Å². The van der Waals surface area contributed by atoms with E-state index in [1.165, 1.54) is 11.8 Å². The van der Waals surface area contributed by atoms with E-state index < -0.39 is 17.9 Å². The van der Waals surface area contributed by atoms with E-state index in [9.17, 15) is 14.4 Å². The van der Waals surface area contributed by atoms with Gasteiger partial charge in [-0.2, -0.15) is 5.10 Å². The molecule has 1 aliphatic rings. The third-order valence-electron chi connectivity index (χ3n) is 4.78. The van der Waals surface area contributed by atoms with Gasteiger partial charge in [-0.15, -0.1) is 0 Å². The Morgan fingerprint density at radius 3 is 2.67 bits per heavy atom. The van der Waals surface area contributed by atoms with Crippen molar-refractivity contribution in [2.24, 2.45) is 0 Å². The molecule has 1 aromatic heterocycles. The zero-order valence-electron chi connectivity index (χ0n) is 15.9. The van der Waals surface area contributed by atoms with Crippen molar-refractivity contribution in [2.75, 3.05) is 17.7 Å². The molecule has 0 radical (unpaired) electrons. The van der Waals surface area contributed by atoms with Crippen LogP contribution in [0.5, 0.6) is 0 Å². The van der Waals surface area contributed by atoms with Crippen LogP contribution in [0.3, 0.4) is 0 Å². The van der Waals surface area contributed by atoms with Crippen molar-refractivity contribution < 1.29 is 19.1 Å². The molecule has 2 aromatic carbocycles. The van der Waals surface area contributed by atoms with Crippen LogP contribution in [0.2, 0.25) is 5.02 Å². The molecule has 9 heteroatoms. The van der Waals surface area contributed by atoms with Crippen molar-refractivity contribution in [3.8, 4) is 11.1 Å². The summed E-state index contributed by atoms with van der Waals surface area (Å²) in [6, 6.07) is 12.7. The van der Waals surface area contributed by atoms with Gasteiger partial charge in [0.1, 0.15) is 11.9 Å². The Kier molecular flexibility index (Phi) is 5.24. The van der Waals surface area contributed by atoms with E-state index in [2.05, 4.69) is 15.7 Å². The highest BCUT2D eigenvalue weighted by Crippen LogP contribution is 2.35. The number of nitrogens with one attached hydrogen (secondary N) is 2. The first kappa shape index (κ1) is 19.7. The fourth-order valence-corrected chi connectivity index (χ4v) is 3.43. The van der Waals surface area contributed by atoms with Crippen molar-refractivity contribution in [1.82, 2.24) is 9.78 Å². The lowest BCUT2D eigenvalue weighted by molar-refractivity contribution is -0.125. The number of esters is 1. The highest BCUT2D eigenvalue weighted by atomic mass is 35.5. The molecule has 4 rings (SSSR count). The van der Waals surface area contributed by atoms with E-state index in [-0.39, 0.29) is 17.9 Å². The predicted octanol–water partition coefficient (Wildman–Crippen LogP) is 3.51. The Labute approximate surface area is 176 Å². The summed E-state index contributed by atoms with van der Waals surface area (Å²) in [5, 5.41) is 10.4. The van der Waals surface area contributed by atoms with Crippen LogP contribution in [0, 0.1) is 0 Å². The highest BCUT2D eigenvalue weighted by Gasteiger charge is 2.33. The molecule has 1 atom stereocenters. The number of methoxy groups -OCH3 is 1. The van der Waals surface area contributed by atoms with Crippen molar-refractivity contribution in [1.29, 1.82) is 0 Å². The molecule has 0 saturated heterocycles. The number of carbonyl (C=O) groups is 3. The number of rotatable bonds is 4. The fraction of sp³-hybridized carbons (Fsp3) is 0.143. The fourth-order valence-electron chi connectivity index (χ4n) is 3.31. The molecule has 8 nitrogen and oxygen atoms in total. The molecular weight excluding hydrogens is 408 g/mol. The van der Waals surface area contributed by atoms with Gasteiger partial charge >= 0.3 is 5.97 Å². The molecule has 2 amide bonds. The lowest BCUT2D eigenvalue weighted by Gasteiger charge is -2.25. The maximum absolute atomic E-state index is 13.0. The molecule has 0 spiro atoms. The number of hydrogen-bond donors (Lipinski definition) is 2. The zero-order valence-corrected chi connectivity index (χ0v) is 16.6. The van der Waals surface area contributed by atoms with Gasteiger partial charge in [-0.3, -0.25) is 9.59 Å². The van der Waals surface area contributed by atoms with Gasteiger partial charge in [-0.25, -0.2) is 9.48 Å². The lowest BCUT2D eigenvalue weighted by Crippen LogP contribution is -2.36. The smallest absolute Gasteiger partial charge is 0.339 e. The quantitative estimate of drug-likeness (QED) is 0.624. The van der Waals surface area contributed by atoms with Gasteiger partial charge in [0.05, 0.1) is 31.0 Å². The monoisotopic (exact) mass is 424 g/mol. The Bertz CT molecular complexity index is 1140. The first-order valence-electron chi connectivity index (χ1n) is 9.09. The largest absolute Gasteiger partial charge is 0.465 e. The first-order chi connectivity index (χ1) is 14.5. The summed E-state index contributed by atoms with van der Waals surface area (Å²) in [6.07, 6.45) is 1.51. The van der Waals surface area contributed by atoms with Crippen LogP contribution < -0.4 is 10.6 Å². The number of fused-ring (bicyclic) bond motifs is 1. The summed E-state index contributed by atoms with van der Waals surface area (Å²) in [4.78, 5) is 37.3. The molecule has 152 valence electrons. The summed E-state index contributed by atoms with van der Waals surface area (Å²) in [7, 11) is 1.26. The van der Waals surface area contributed by atoms with Crippen molar-refractivity contribution in [2.45, 2.75) is 12.5 Å². The number of amides is 2. The van der Waals surface area contributed by atoms with E-state index in [4.69, 9.17) is 16.3 Å². The molecule has 0 saturated carbocycles. The standard InChI is InChI=1S/C21H17ClN4O4/c1-30-21(29)14-4-2-3-5-16(14)24-20(28)17-10-18(27)25-19-15(11-23-26(17)19)12-6-8-13(22)9-7-12/h2-9,11,17H,10H2,1H3,(H,24,28)(H,25,27)/t17-/m0/s1. The molecule has 1 aliphatic heterocycles. The van der Waals surface area contributed by atoms with Crippen LogP contribution in [0.25, 0.3) is 11.1 Å². The molecular formula is C21H17ClN4O4. The van der Waals surface area contributed by atoms with Gasteiger partial charge in [0.2, 0.25) is 11.8 Å². The normalized spacial score (nSPS) is 15.1. The number of aromatic nitrogens is 2. The van der Waals surface area contributed by atoms with Crippen molar-refractivity contribution in [3.05, 3.63) is 65.3 Å². The van der Waals surface area contributed by atoms with Gasteiger partial charge in [-0.05, 0) is 29.8 Å². The summed E-state index contributed by atoms with van der Waals surface area (Å²) >= 11 is 5.95. The van der Waals surface area contributed by atoms with E-state index in [0.29, 0.717) is 22.1 Å². The number of benzene rings is 2. The zero-order chi connectivity index (χ0) is 21.3. The van der Waals surface area contributed by atoms with Crippen molar-refractivity contribution in [3.63, 3.8) is 0 Å². The molecule has 0 aliphatic carbocycles. The van der Waals surface area contributed by atoms with E-state index >= 15 is 0 Å². The van der Waals surface area contributed by atoms with Crippen LogP contribution in [0.4, 0.5) is 11.5 Å². The summed E-state index contributed by atoms with van der Waals surface area (Å²) in [5.41, 5.74) is 1.99. The van der Waals surface area contributed by atoms with Crippen LogP contribution in [0.1, 0.15) is 22.8 Å². The Morgan fingerprint density at radius 1 is 1.20 bits per heavy atom. The van der Waals surface area contributed by atoms with Crippen LogP contribution in [-0.2, 0) is 14.3 Å². The summed E-state index contributed by atoms with van der Waals surface area (Å²) < 4.78 is 6.23. The molecule has 3 aromatic rings. The van der Waals surface area contributed by atoms with Crippen LogP contribution >= 0.6 is 11.6 Å². The van der Waals surface area contributed by atoms with Crippen LogP contribution in [-0.4, -0.2) is 34.7 Å². The predicted molar refractivity (Wildman–Crippen MR) is 111 cm³/mol. The average Bonchev–Trinajstić information content (AvgIpc) is 3.17. The van der Waals surface area contributed by atoms with E-state index in [1.54, 1.807) is 42.6 Å². The second-order valence-corrected chi connectivity index (χ2v) is 7.09. The minimum Gasteiger partial charge on any atom is -0.465 e. The molecule has 2 N–H and O–H groups in total. The second-order valence-electron chi connectivity index (χ2n) is 6.65. The number of ether oxygens (including phenoxy) is 1. The number of halogens is 1. The van der Waals surface area contributed by atoms with Gasteiger partial charge in [-0.1, -0.05) is 35.9 Å². The Hall–Kier alpha value is -3.65. The first-order valence-corrected chi connectivity index (χ1v) is 9.47. The second kappa shape index (κ2) is 8.00. The number of carbonyl (C=O) groups excluding carboxylic acids is 3. The SMILES string of the molecule is COC(=O)c1ccccc1NC(=O)[C@@H]1CC(=O)Nc2c(-c3ccc(Cl)cc3)cnn21.